The number of aryl methyl sites for hydroxylation is 1. The zero-order valence-corrected chi connectivity index (χ0v) is 16.5. The Bertz CT molecular complexity index is 833. The van der Waals surface area contributed by atoms with Crippen LogP contribution in [0.5, 0.6) is 0 Å². The summed E-state index contributed by atoms with van der Waals surface area (Å²) < 4.78 is 28.0. The van der Waals surface area contributed by atoms with E-state index in [0.717, 1.165) is 29.0 Å². The SMILES string of the molecule is Cc1ccc(S(=O)(=O)N2CCCC2c2cccnc2SC(C)C)cc1. The number of hydrogen-bond acceptors (Lipinski definition) is 4. The van der Waals surface area contributed by atoms with Crippen molar-refractivity contribution in [3.8, 4) is 0 Å². The highest BCUT2D eigenvalue weighted by Gasteiger charge is 2.37. The lowest BCUT2D eigenvalue weighted by Gasteiger charge is -2.26. The molecule has 4 nitrogen and oxygen atoms in total. The third kappa shape index (κ3) is 3.91. The molecule has 0 bridgehead atoms. The highest BCUT2D eigenvalue weighted by atomic mass is 32.2. The van der Waals surface area contributed by atoms with E-state index in [-0.39, 0.29) is 6.04 Å². The van der Waals surface area contributed by atoms with Crippen molar-refractivity contribution in [3.63, 3.8) is 0 Å². The molecule has 1 aromatic heterocycles. The summed E-state index contributed by atoms with van der Waals surface area (Å²) in [4.78, 5) is 4.87. The van der Waals surface area contributed by atoms with Gasteiger partial charge in [-0.25, -0.2) is 13.4 Å². The van der Waals surface area contributed by atoms with Crippen LogP contribution in [0.15, 0.2) is 52.5 Å². The van der Waals surface area contributed by atoms with Gasteiger partial charge < -0.3 is 0 Å². The van der Waals surface area contributed by atoms with Crippen molar-refractivity contribution in [2.45, 2.75) is 54.8 Å². The third-order valence-electron chi connectivity index (χ3n) is 4.34. The fraction of sp³-hybridized carbons (Fsp3) is 0.421. The van der Waals surface area contributed by atoms with Crippen molar-refractivity contribution in [1.29, 1.82) is 0 Å². The molecule has 1 fully saturated rings. The van der Waals surface area contributed by atoms with E-state index in [1.165, 1.54) is 0 Å². The summed E-state index contributed by atoms with van der Waals surface area (Å²) in [7, 11) is -3.50. The smallest absolute Gasteiger partial charge is 0.243 e. The monoisotopic (exact) mass is 376 g/mol. The van der Waals surface area contributed by atoms with Gasteiger partial charge in [0, 0.05) is 23.6 Å². The van der Waals surface area contributed by atoms with Gasteiger partial charge in [-0.2, -0.15) is 4.31 Å². The Kier molecular flexibility index (Phi) is 5.51. The number of sulfonamides is 1. The van der Waals surface area contributed by atoms with Crippen LogP contribution < -0.4 is 0 Å². The maximum absolute atomic E-state index is 13.2. The molecule has 0 spiro atoms. The molecule has 6 heteroatoms. The molecular formula is C19H24N2O2S2. The lowest BCUT2D eigenvalue weighted by atomic mass is 10.1. The Morgan fingerprint density at radius 1 is 1.20 bits per heavy atom. The van der Waals surface area contributed by atoms with Crippen LogP contribution in [0.3, 0.4) is 0 Å². The first-order chi connectivity index (χ1) is 11.9. The Labute approximate surface area is 154 Å². The topological polar surface area (TPSA) is 50.3 Å². The average Bonchev–Trinajstić information content (AvgIpc) is 3.05. The van der Waals surface area contributed by atoms with Crippen LogP contribution in [-0.4, -0.2) is 29.5 Å². The Balaban J connectivity index is 1.97. The molecule has 1 aliphatic rings. The van der Waals surface area contributed by atoms with E-state index in [2.05, 4.69) is 18.8 Å². The highest BCUT2D eigenvalue weighted by Crippen LogP contribution is 2.40. The summed E-state index contributed by atoms with van der Waals surface area (Å²) in [5.74, 6) is 0. The lowest BCUT2D eigenvalue weighted by molar-refractivity contribution is 0.391. The van der Waals surface area contributed by atoms with E-state index in [4.69, 9.17) is 0 Å². The minimum absolute atomic E-state index is 0.138. The molecule has 0 radical (unpaired) electrons. The molecule has 1 unspecified atom stereocenters. The number of aromatic nitrogens is 1. The Hall–Kier alpha value is -1.37. The van der Waals surface area contributed by atoms with Crippen LogP contribution in [0, 0.1) is 6.92 Å². The summed E-state index contributed by atoms with van der Waals surface area (Å²) in [6.07, 6.45) is 3.49. The van der Waals surface area contributed by atoms with Crippen LogP contribution in [0.4, 0.5) is 0 Å². The maximum atomic E-state index is 13.2. The number of pyridine rings is 1. The van der Waals surface area contributed by atoms with E-state index < -0.39 is 10.0 Å². The van der Waals surface area contributed by atoms with Crippen molar-refractivity contribution in [1.82, 2.24) is 9.29 Å². The van der Waals surface area contributed by atoms with Crippen LogP contribution >= 0.6 is 11.8 Å². The predicted molar refractivity (Wildman–Crippen MR) is 102 cm³/mol. The highest BCUT2D eigenvalue weighted by molar-refractivity contribution is 7.99. The first kappa shape index (κ1) is 18.4. The number of hydrogen-bond donors (Lipinski definition) is 0. The van der Waals surface area contributed by atoms with Gasteiger partial charge in [0.05, 0.1) is 10.9 Å². The summed E-state index contributed by atoms with van der Waals surface area (Å²) >= 11 is 1.69. The van der Waals surface area contributed by atoms with Gasteiger partial charge in [-0.05, 0) is 38.0 Å². The standard InChI is InChI=1S/C19H24N2O2S2/c1-14(2)24-19-17(6-4-12-20-19)18-7-5-13-21(18)25(22,23)16-10-8-15(3)9-11-16/h4,6,8-12,14,18H,5,7,13H2,1-3H3. The van der Waals surface area contributed by atoms with Gasteiger partial charge in [0.2, 0.25) is 10.0 Å². The summed E-state index contributed by atoms with van der Waals surface area (Å²) in [6.45, 7) is 6.76. The zero-order chi connectivity index (χ0) is 18.0. The van der Waals surface area contributed by atoms with Crippen molar-refractivity contribution in [3.05, 3.63) is 53.7 Å². The van der Waals surface area contributed by atoms with Crippen molar-refractivity contribution in [2.75, 3.05) is 6.54 Å². The molecule has 2 aromatic rings. The molecule has 25 heavy (non-hydrogen) atoms. The fourth-order valence-corrected chi connectivity index (χ4v) is 5.75. The molecule has 1 saturated heterocycles. The Morgan fingerprint density at radius 3 is 2.60 bits per heavy atom. The number of rotatable bonds is 5. The van der Waals surface area contributed by atoms with Crippen LogP contribution in [-0.2, 0) is 10.0 Å². The summed E-state index contributed by atoms with van der Waals surface area (Å²) in [6, 6.07) is 10.9. The summed E-state index contributed by atoms with van der Waals surface area (Å²) in [5, 5.41) is 1.34. The first-order valence-corrected chi connectivity index (χ1v) is 10.9. The van der Waals surface area contributed by atoms with Crippen LogP contribution in [0.25, 0.3) is 0 Å². The van der Waals surface area contributed by atoms with Gasteiger partial charge in [-0.3, -0.25) is 0 Å². The number of nitrogens with zero attached hydrogens (tertiary/aromatic N) is 2. The Morgan fingerprint density at radius 2 is 1.92 bits per heavy atom. The van der Waals surface area contributed by atoms with E-state index >= 15 is 0 Å². The van der Waals surface area contributed by atoms with E-state index in [1.807, 2.05) is 31.2 Å². The fourth-order valence-electron chi connectivity index (χ4n) is 3.16. The van der Waals surface area contributed by atoms with Crippen molar-refractivity contribution >= 4 is 21.8 Å². The molecule has 0 aliphatic carbocycles. The van der Waals surface area contributed by atoms with E-state index in [1.54, 1.807) is 34.4 Å². The molecule has 1 atom stereocenters. The van der Waals surface area contributed by atoms with Crippen molar-refractivity contribution < 1.29 is 8.42 Å². The normalized spacial score (nSPS) is 18.8. The summed E-state index contributed by atoms with van der Waals surface area (Å²) in [5.41, 5.74) is 2.08. The van der Waals surface area contributed by atoms with E-state index in [0.29, 0.717) is 16.7 Å². The molecule has 3 rings (SSSR count). The largest absolute Gasteiger partial charge is 0.250 e. The van der Waals surface area contributed by atoms with Gasteiger partial charge in [0.25, 0.3) is 0 Å². The third-order valence-corrected chi connectivity index (χ3v) is 7.30. The van der Waals surface area contributed by atoms with Crippen LogP contribution in [0.1, 0.15) is 43.9 Å². The second-order valence-corrected chi connectivity index (χ2v) is 10.1. The molecule has 0 N–H and O–H groups in total. The molecule has 0 amide bonds. The zero-order valence-electron chi connectivity index (χ0n) is 14.8. The minimum Gasteiger partial charge on any atom is -0.250 e. The molecule has 1 aromatic carbocycles. The lowest BCUT2D eigenvalue weighted by Crippen LogP contribution is -2.31. The van der Waals surface area contributed by atoms with Gasteiger partial charge in [0.15, 0.2) is 0 Å². The first-order valence-electron chi connectivity index (χ1n) is 8.59. The quantitative estimate of drug-likeness (QED) is 0.725. The van der Waals surface area contributed by atoms with Crippen molar-refractivity contribution in [2.24, 2.45) is 0 Å². The van der Waals surface area contributed by atoms with Gasteiger partial charge in [-0.1, -0.05) is 37.6 Å². The predicted octanol–water partition coefficient (Wildman–Crippen LogP) is 4.42. The maximum Gasteiger partial charge on any atom is 0.243 e. The molecule has 1 aliphatic heterocycles. The second kappa shape index (κ2) is 7.48. The molecular weight excluding hydrogens is 352 g/mol. The van der Waals surface area contributed by atoms with E-state index in [9.17, 15) is 8.42 Å². The van der Waals surface area contributed by atoms with Gasteiger partial charge >= 0.3 is 0 Å². The molecule has 0 saturated carbocycles. The average molecular weight is 377 g/mol. The van der Waals surface area contributed by atoms with Gasteiger partial charge in [0.1, 0.15) is 5.03 Å². The number of thioether (sulfide) groups is 1. The molecule has 2 heterocycles. The van der Waals surface area contributed by atoms with Gasteiger partial charge in [-0.15, -0.1) is 11.8 Å². The second-order valence-electron chi connectivity index (χ2n) is 6.65. The minimum atomic E-state index is -3.50. The van der Waals surface area contributed by atoms with Crippen LogP contribution in [0.2, 0.25) is 0 Å². The molecule has 134 valence electrons. The number of benzene rings is 1.